The van der Waals surface area contributed by atoms with Crippen LogP contribution in [-0.4, -0.2) is 76.0 Å². The van der Waals surface area contributed by atoms with E-state index in [0.29, 0.717) is 26.0 Å². The Morgan fingerprint density at radius 3 is 2.48 bits per heavy atom. The standard InChI is InChI=1S/C14H22N2O5/c17-12-5-9-1-2-10(6-12)16(9)14(20)15-3-4-21-8-11(15)7-13(18)19/h9-12,17H,1-8H2,(H,18,19). The van der Waals surface area contributed by atoms with Crippen LogP contribution in [0.2, 0.25) is 0 Å². The molecule has 3 atom stereocenters. The number of urea groups is 1. The Bertz CT molecular complexity index is 416. The van der Waals surface area contributed by atoms with Gasteiger partial charge in [-0.1, -0.05) is 0 Å². The smallest absolute Gasteiger partial charge is 0.320 e. The number of aliphatic hydroxyl groups excluding tert-OH is 1. The Kier molecular flexibility index (Phi) is 4.03. The molecule has 3 saturated heterocycles. The molecule has 0 radical (unpaired) electrons. The molecule has 3 unspecified atom stereocenters. The van der Waals surface area contributed by atoms with Gasteiger partial charge in [0.15, 0.2) is 0 Å². The van der Waals surface area contributed by atoms with Gasteiger partial charge in [0.05, 0.1) is 31.8 Å². The monoisotopic (exact) mass is 298 g/mol. The third-order valence-corrected chi connectivity index (χ3v) is 4.81. The van der Waals surface area contributed by atoms with Crippen LogP contribution in [0.15, 0.2) is 0 Å². The van der Waals surface area contributed by atoms with Crippen LogP contribution in [0.3, 0.4) is 0 Å². The molecule has 118 valence electrons. The first kappa shape index (κ1) is 14.6. The van der Waals surface area contributed by atoms with Gasteiger partial charge < -0.3 is 24.7 Å². The number of rotatable bonds is 2. The molecular weight excluding hydrogens is 276 g/mol. The summed E-state index contributed by atoms with van der Waals surface area (Å²) in [5.41, 5.74) is 0. The molecule has 3 fully saturated rings. The third kappa shape index (κ3) is 2.85. The van der Waals surface area contributed by atoms with Crippen LogP contribution < -0.4 is 0 Å². The Labute approximate surface area is 123 Å². The fourth-order valence-corrected chi connectivity index (χ4v) is 3.89. The van der Waals surface area contributed by atoms with Crippen molar-refractivity contribution in [3.05, 3.63) is 0 Å². The second kappa shape index (κ2) is 5.81. The first-order valence-electron chi connectivity index (χ1n) is 7.62. The van der Waals surface area contributed by atoms with Crippen LogP contribution in [-0.2, 0) is 9.53 Å². The lowest BCUT2D eigenvalue weighted by Gasteiger charge is -2.43. The highest BCUT2D eigenvalue weighted by Gasteiger charge is 2.45. The van der Waals surface area contributed by atoms with E-state index < -0.39 is 12.0 Å². The minimum atomic E-state index is -0.916. The van der Waals surface area contributed by atoms with Gasteiger partial charge in [-0.3, -0.25) is 4.79 Å². The lowest BCUT2D eigenvalue weighted by molar-refractivity contribution is -0.139. The predicted octanol–water partition coefficient (Wildman–Crippen LogP) is 0.270. The number of carbonyl (C=O) groups is 2. The summed E-state index contributed by atoms with van der Waals surface area (Å²) in [6.45, 7) is 1.17. The number of aliphatic carboxylic acids is 1. The zero-order valence-corrected chi connectivity index (χ0v) is 12.0. The molecule has 0 aromatic heterocycles. The van der Waals surface area contributed by atoms with E-state index >= 15 is 0 Å². The quantitative estimate of drug-likeness (QED) is 0.763. The highest BCUT2D eigenvalue weighted by atomic mass is 16.5. The van der Waals surface area contributed by atoms with Crippen molar-refractivity contribution in [3.63, 3.8) is 0 Å². The molecule has 0 spiro atoms. The highest BCUT2D eigenvalue weighted by molar-refractivity contribution is 5.77. The molecule has 2 bridgehead atoms. The number of hydrogen-bond acceptors (Lipinski definition) is 4. The maximum absolute atomic E-state index is 12.8. The number of amides is 2. The molecule has 7 heteroatoms. The maximum atomic E-state index is 12.8. The minimum absolute atomic E-state index is 0.0797. The van der Waals surface area contributed by atoms with Crippen molar-refractivity contribution in [1.29, 1.82) is 0 Å². The number of carboxylic acids is 1. The topological polar surface area (TPSA) is 90.3 Å². The summed E-state index contributed by atoms with van der Waals surface area (Å²) >= 11 is 0. The van der Waals surface area contributed by atoms with Crippen LogP contribution in [0.1, 0.15) is 32.1 Å². The van der Waals surface area contributed by atoms with Crippen molar-refractivity contribution in [1.82, 2.24) is 9.80 Å². The number of carboxylic acid groups (broad SMARTS) is 1. The highest BCUT2D eigenvalue weighted by Crippen LogP contribution is 2.37. The van der Waals surface area contributed by atoms with Crippen molar-refractivity contribution in [3.8, 4) is 0 Å². The number of fused-ring (bicyclic) bond motifs is 2. The van der Waals surface area contributed by atoms with E-state index in [2.05, 4.69) is 0 Å². The molecule has 2 amide bonds. The van der Waals surface area contributed by atoms with Crippen molar-refractivity contribution in [2.75, 3.05) is 19.8 Å². The molecule has 7 nitrogen and oxygen atoms in total. The summed E-state index contributed by atoms with van der Waals surface area (Å²) < 4.78 is 5.32. The summed E-state index contributed by atoms with van der Waals surface area (Å²) in [7, 11) is 0. The lowest BCUT2D eigenvalue weighted by Crippen LogP contribution is -2.58. The lowest BCUT2D eigenvalue weighted by atomic mass is 10.00. The van der Waals surface area contributed by atoms with Gasteiger partial charge in [-0.2, -0.15) is 0 Å². The second-order valence-corrected chi connectivity index (χ2v) is 6.22. The molecule has 21 heavy (non-hydrogen) atoms. The van der Waals surface area contributed by atoms with E-state index in [1.165, 1.54) is 0 Å². The van der Waals surface area contributed by atoms with Gasteiger partial charge in [-0.25, -0.2) is 4.79 Å². The van der Waals surface area contributed by atoms with Crippen molar-refractivity contribution < 1.29 is 24.5 Å². The number of aliphatic hydroxyl groups is 1. The maximum Gasteiger partial charge on any atom is 0.320 e. The van der Waals surface area contributed by atoms with Crippen LogP contribution in [0.4, 0.5) is 4.79 Å². The van der Waals surface area contributed by atoms with E-state index in [4.69, 9.17) is 9.84 Å². The van der Waals surface area contributed by atoms with E-state index in [1.807, 2.05) is 4.90 Å². The van der Waals surface area contributed by atoms with E-state index in [-0.39, 0.29) is 37.2 Å². The zero-order chi connectivity index (χ0) is 15.0. The van der Waals surface area contributed by atoms with Gasteiger partial charge >= 0.3 is 12.0 Å². The second-order valence-electron chi connectivity index (χ2n) is 6.22. The molecule has 3 heterocycles. The molecule has 2 N–H and O–H groups in total. The fourth-order valence-electron chi connectivity index (χ4n) is 3.89. The SMILES string of the molecule is O=C(O)CC1COCCN1C(=O)N1C2CCC1CC(O)C2. The summed E-state index contributed by atoms with van der Waals surface area (Å²) in [6, 6.07) is -0.280. The first-order chi connectivity index (χ1) is 10.1. The predicted molar refractivity (Wildman–Crippen MR) is 72.9 cm³/mol. The first-order valence-corrected chi connectivity index (χ1v) is 7.62. The van der Waals surface area contributed by atoms with E-state index in [9.17, 15) is 14.7 Å². The molecule has 0 aromatic carbocycles. The molecule has 3 aliphatic rings. The van der Waals surface area contributed by atoms with Crippen molar-refractivity contribution in [2.45, 2.75) is 56.3 Å². The Morgan fingerprint density at radius 1 is 1.19 bits per heavy atom. The average Bonchev–Trinajstić information content (AvgIpc) is 2.70. The van der Waals surface area contributed by atoms with Gasteiger partial charge in [-0.15, -0.1) is 0 Å². The number of hydrogen-bond donors (Lipinski definition) is 2. The summed E-state index contributed by atoms with van der Waals surface area (Å²) in [6.07, 6.45) is 2.73. The summed E-state index contributed by atoms with van der Waals surface area (Å²) in [5.74, 6) is -0.916. The third-order valence-electron chi connectivity index (χ3n) is 4.81. The molecule has 0 saturated carbocycles. The van der Waals surface area contributed by atoms with Crippen LogP contribution in [0.5, 0.6) is 0 Å². The number of morpholine rings is 1. The van der Waals surface area contributed by atoms with E-state index in [0.717, 1.165) is 12.8 Å². The summed E-state index contributed by atoms with van der Waals surface area (Å²) in [4.78, 5) is 27.3. The van der Waals surface area contributed by atoms with E-state index in [1.54, 1.807) is 4.90 Å². The molecule has 0 aromatic rings. The largest absolute Gasteiger partial charge is 0.481 e. The minimum Gasteiger partial charge on any atom is -0.481 e. The van der Waals surface area contributed by atoms with Crippen LogP contribution in [0, 0.1) is 0 Å². The molecule has 3 rings (SSSR count). The fraction of sp³-hybridized carbons (Fsp3) is 0.857. The van der Waals surface area contributed by atoms with Gasteiger partial charge in [0.2, 0.25) is 0 Å². The molecule has 0 aliphatic carbocycles. The average molecular weight is 298 g/mol. The van der Waals surface area contributed by atoms with Gasteiger partial charge in [0, 0.05) is 18.6 Å². The molecule has 3 aliphatic heterocycles. The van der Waals surface area contributed by atoms with Crippen molar-refractivity contribution in [2.24, 2.45) is 0 Å². The Morgan fingerprint density at radius 2 is 1.86 bits per heavy atom. The van der Waals surface area contributed by atoms with Gasteiger partial charge in [-0.05, 0) is 25.7 Å². The zero-order valence-electron chi connectivity index (χ0n) is 12.0. The van der Waals surface area contributed by atoms with Crippen molar-refractivity contribution >= 4 is 12.0 Å². The van der Waals surface area contributed by atoms with Gasteiger partial charge in [0.25, 0.3) is 0 Å². The number of carbonyl (C=O) groups excluding carboxylic acids is 1. The Balaban J connectivity index is 1.72. The molecular formula is C14H22N2O5. The number of piperidine rings is 1. The van der Waals surface area contributed by atoms with Gasteiger partial charge in [0.1, 0.15) is 0 Å². The van der Waals surface area contributed by atoms with Crippen LogP contribution in [0.25, 0.3) is 0 Å². The normalized spacial score (nSPS) is 35.9. The number of ether oxygens (including phenoxy) is 1. The Hall–Kier alpha value is -1.34. The number of nitrogens with zero attached hydrogens (tertiary/aromatic N) is 2. The van der Waals surface area contributed by atoms with Crippen LogP contribution >= 0.6 is 0 Å². The summed E-state index contributed by atoms with van der Waals surface area (Å²) in [5, 5.41) is 18.8.